The third-order valence-electron chi connectivity index (χ3n) is 3.26. The Hall–Kier alpha value is -2.03. The predicted molar refractivity (Wildman–Crippen MR) is 74.9 cm³/mol. The molecule has 2 rings (SSSR count). The van der Waals surface area contributed by atoms with Crippen molar-refractivity contribution in [3.05, 3.63) is 70.8 Å². The maximum Gasteiger partial charge on any atom is 0.170 e. The van der Waals surface area contributed by atoms with Gasteiger partial charge >= 0.3 is 0 Å². The van der Waals surface area contributed by atoms with Gasteiger partial charge in [-0.05, 0) is 29.2 Å². The summed E-state index contributed by atoms with van der Waals surface area (Å²) in [5.41, 5.74) is 1.78. The molecule has 2 aromatic carbocycles. The molecule has 0 aliphatic rings. The Morgan fingerprint density at radius 2 is 1.70 bits per heavy atom. The Morgan fingerprint density at radius 3 is 2.30 bits per heavy atom. The summed E-state index contributed by atoms with van der Waals surface area (Å²) in [4.78, 5) is 12.0. The van der Waals surface area contributed by atoms with E-state index in [2.05, 4.69) is 13.8 Å². The number of ketones is 1. The zero-order chi connectivity index (χ0) is 14.7. The lowest BCUT2D eigenvalue weighted by atomic mass is 9.98. The van der Waals surface area contributed by atoms with E-state index in [-0.39, 0.29) is 12.0 Å². The van der Waals surface area contributed by atoms with Gasteiger partial charge in [0.15, 0.2) is 17.4 Å². The Morgan fingerprint density at radius 1 is 1.05 bits per heavy atom. The number of carbonyl (C=O) groups is 1. The van der Waals surface area contributed by atoms with E-state index < -0.39 is 17.4 Å². The summed E-state index contributed by atoms with van der Waals surface area (Å²) in [5.74, 6) is -2.07. The molecule has 20 heavy (non-hydrogen) atoms. The van der Waals surface area contributed by atoms with Crippen LogP contribution in [0.1, 0.15) is 41.3 Å². The molecular formula is C17H16F2O. The average Bonchev–Trinajstić information content (AvgIpc) is 2.42. The molecule has 0 radical (unpaired) electrons. The van der Waals surface area contributed by atoms with Crippen LogP contribution < -0.4 is 0 Å². The largest absolute Gasteiger partial charge is 0.294 e. The molecule has 0 fully saturated rings. The number of hydrogen-bond acceptors (Lipinski definition) is 1. The van der Waals surface area contributed by atoms with E-state index >= 15 is 0 Å². The highest BCUT2D eigenvalue weighted by Gasteiger charge is 2.15. The van der Waals surface area contributed by atoms with Crippen LogP contribution in [-0.4, -0.2) is 5.78 Å². The summed E-state index contributed by atoms with van der Waals surface area (Å²) in [6.07, 6.45) is 0.0682. The molecular weight excluding hydrogens is 258 g/mol. The standard InChI is InChI=1S/C17H16F2O/c1-11(2)13-8-6-12(7-9-13)10-16(20)14-4-3-5-15(18)17(14)19/h3-9,11H,10H2,1-2H3. The molecule has 0 N–H and O–H groups in total. The smallest absolute Gasteiger partial charge is 0.170 e. The summed E-state index contributed by atoms with van der Waals surface area (Å²) in [7, 11) is 0. The number of hydrogen-bond donors (Lipinski definition) is 0. The number of rotatable bonds is 4. The Kier molecular flexibility index (Phi) is 4.28. The lowest BCUT2D eigenvalue weighted by molar-refractivity contribution is 0.0988. The molecule has 0 bridgehead atoms. The second-order valence-electron chi connectivity index (χ2n) is 5.10. The van der Waals surface area contributed by atoms with E-state index in [1.807, 2.05) is 24.3 Å². The maximum atomic E-state index is 13.5. The molecule has 1 nitrogen and oxygen atoms in total. The highest BCUT2D eigenvalue weighted by molar-refractivity contribution is 5.97. The van der Waals surface area contributed by atoms with Crippen LogP contribution in [0.25, 0.3) is 0 Å². The first-order valence-electron chi connectivity index (χ1n) is 6.55. The van der Waals surface area contributed by atoms with Crippen molar-refractivity contribution in [3.8, 4) is 0 Å². The lowest BCUT2D eigenvalue weighted by Crippen LogP contribution is -2.07. The van der Waals surface area contributed by atoms with Crippen LogP contribution in [0, 0.1) is 11.6 Å². The number of Topliss-reactive ketones (excluding diaryl/α,β-unsaturated/α-hetero) is 1. The first kappa shape index (κ1) is 14.4. The van der Waals surface area contributed by atoms with Crippen molar-refractivity contribution in [1.29, 1.82) is 0 Å². The average molecular weight is 274 g/mol. The van der Waals surface area contributed by atoms with Gasteiger partial charge in [-0.2, -0.15) is 0 Å². The fraction of sp³-hybridized carbons (Fsp3) is 0.235. The SMILES string of the molecule is CC(C)c1ccc(CC(=O)c2cccc(F)c2F)cc1. The van der Waals surface area contributed by atoms with E-state index in [1.165, 1.54) is 17.7 Å². The predicted octanol–water partition coefficient (Wildman–Crippen LogP) is 4.51. The van der Waals surface area contributed by atoms with E-state index in [0.29, 0.717) is 5.92 Å². The van der Waals surface area contributed by atoms with E-state index in [9.17, 15) is 13.6 Å². The van der Waals surface area contributed by atoms with Gasteiger partial charge in [-0.3, -0.25) is 4.79 Å². The summed E-state index contributed by atoms with van der Waals surface area (Å²) in [6.45, 7) is 4.17. The molecule has 0 unspecified atom stereocenters. The molecule has 0 aliphatic carbocycles. The first-order valence-corrected chi connectivity index (χ1v) is 6.55. The fourth-order valence-electron chi connectivity index (χ4n) is 2.02. The fourth-order valence-corrected chi connectivity index (χ4v) is 2.02. The van der Waals surface area contributed by atoms with E-state index in [1.54, 1.807) is 0 Å². The van der Waals surface area contributed by atoms with Crippen molar-refractivity contribution in [3.63, 3.8) is 0 Å². The van der Waals surface area contributed by atoms with Gasteiger partial charge in [-0.15, -0.1) is 0 Å². The van der Waals surface area contributed by atoms with E-state index in [4.69, 9.17) is 0 Å². The minimum absolute atomic E-state index is 0.0682. The van der Waals surface area contributed by atoms with Crippen LogP contribution in [0.2, 0.25) is 0 Å². The number of halogens is 2. The lowest BCUT2D eigenvalue weighted by Gasteiger charge is -2.07. The molecule has 3 heteroatoms. The summed E-state index contributed by atoms with van der Waals surface area (Å²) >= 11 is 0. The van der Waals surface area contributed by atoms with Gasteiger partial charge in [0, 0.05) is 6.42 Å². The van der Waals surface area contributed by atoms with Crippen molar-refractivity contribution >= 4 is 5.78 Å². The molecule has 0 heterocycles. The highest BCUT2D eigenvalue weighted by atomic mass is 19.2. The molecule has 0 saturated heterocycles. The van der Waals surface area contributed by atoms with Gasteiger partial charge in [0.2, 0.25) is 0 Å². The zero-order valence-corrected chi connectivity index (χ0v) is 11.5. The van der Waals surface area contributed by atoms with Gasteiger partial charge in [0.25, 0.3) is 0 Å². The second-order valence-corrected chi connectivity index (χ2v) is 5.10. The van der Waals surface area contributed by atoms with Crippen LogP contribution >= 0.6 is 0 Å². The molecule has 0 spiro atoms. The van der Waals surface area contributed by atoms with Gasteiger partial charge < -0.3 is 0 Å². The van der Waals surface area contributed by atoms with Crippen molar-refractivity contribution < 1.29 is 13.6 Å². The molecule has 0 saturated carbocycles. The Labute approximate surface area is 117 Å². The summed E-state index contributed by atoms with van der Waals surface area (Å²) in [6, 6.07) is 11.3. The molecule has 0 atom stereocenters. The Bertz CT molecular complexity index is 615. The molecule has 0 amide bonds. The highest BCUT2D eigenvalue weighted by Crippen LogP contribution is 2.17. The summed E-state index contributed by atoms with van der Waals surface area (Å²) < 4.78 is 26.6. The first-order chi connectivity index (χ1) is 9.49. The van der Waals surface area contributed by atoms with Crippen molar-refractivity contribution in [2.75, 3.05) is 0 Å². The van der Waals surface area contributed by atoms with Crippen LogP contribution in [0.5, 0.6) is 0 Å². The van der Waals surface area contributed by atoms with Gasteiger partial charge in [-0.1, -0.05) is 44.2 Å². The minimum atomic E-state index is -1.07. The van der Waals surface area contributed by atoms with Crippen molar-refractivity contribution in [2.45, 2.75) is 26.2 Å². The molecule has 104 valence electrons. The molecule has 2 aromatic rings. The monoisotopic (exact) mass is 274 g/mol. The van der Waals surface area contributed by atoms with Gasteiger partial charge in [-0.25, -0.2) is 8.78 Å². The summed E-state index contributed by atoms with van der Waals surface area (Å²) in [5, 5.41) is 0. The minimum Gasteiger partial charge on any atom is -0.294 e. The zero-order valence-electron chi connectivity index (χ0n) is 11.5. The third kappa shape index (κ3) is 3.10. The van der Waals surface area contributed by atoms with Crippen LogP contribution in [-0.2, 0) is 6.42 Å². The van der Waals surface area contributed by atoms with Crippen molar-refractivity contribution in [1.82, 2.24) is 0 Å². The number of carbonyl (C=O) groups excluding carboxylic acids is 1. The van der Waals surface area contributed by atoms with Crippen LogP contribution in [0.15, 0.2) is 42.5 Å². The second kappa shape index (κ2) is 5.95. The molecule has 0 aliphatic heterocycles. The Balaban J connectivity index is 2.17. The van der Waals surface area contributed by atoms with Crippen LogP contribution in [0.3, 0.4) is 0 Å². The van der Waals surface area contributed by atoms with Gasteiger partial charge in [0.1, 0.15) is 0 Å². The third-order valence-corrected chi connectivity index (χ3v) is 3.26. The molecule has 0 aromatic heterocycles. The van der Waals surface area contributed by atoms with Crippen LogP contribution in [0.4, 0.5) is 8.78 Å². The maximum absolute atomic E-state index is 13.5. The van der Waals surface area contributed by atoms with Crippen molar-refractivity contribution in [2.24, 2.45) is 0 Å². The normalized spacial score (nSPS) is 10.8. The quantitative estimate of drug-likeness (QED) is 0.749. The number of benzene rings is 2. The van der Waals surface area contributed by atoms with E-state index in [0.717, 1.165) is 11.6 Å². The topological polar surface area (TPSA) is 17.1 Å². The van der Waals surface area contributed by atoms with Gasteiger partial charge in [0.05, 0.1) is 5.56 Å².